The van der Waals surface area contributed by atoms with Gasteiger partial charge in [-0.1, -0.05) is 18.2 Å². The Morgan fingerprint density at radius 3 is 2.41 bits per heavy atom. The molecule has 0 bridgehead atoms. The number of phenols is 1. The Morgan fingerprint density at radius 2 is 1.82 bits per heavy atom. The van der Waals surface area contributed by atoms with E-state index in [4.69, 9.17) is 5.11 Å². The van der Waals surface area contributed by atoms with Crippen molar-refractivity contribution < 1.29 is 24.2 Å². The van der Waals surface area contributed by atoms with Gasteiger partial charge in [0.15, 0.2) is 6.80 Å². The lowest BCUT2D eigenvalue weighted by Crippen LogP contribution is -2.34. The van der Waals surface area contributed by atoms with Gasteiger partial charge in [0.1, 0.15) is 5.75 Å². The molecule has 0 fully saturated rings. The highest BCUT2D eigenvalue weighted by Crippen LogP contribution is 2.23. The van der Waals surface area contributed by atoms with E-state index < -0.39 is 18.8 Å². The van der Waals surface area contributed by atoms with E-state index >= 15 is 0 Å². The second-order valence-electron chi connectivity index (χ2n) is 4.35. The molecule has 22 heavy (non-hydrogen) atoms. The van der Waals surface area contributed by atoms with Gasteiger partial charge in [0.25, 0.3) is 0 Å². The molecule has 2 rings (SSSR count). The third-order valence-corrected chi connectivity index (χ3v) is 2.91. The summed E-state index contributed by atoms with van der Waals surface area (Å²) in [6.07, 6.45) is 0. The number of benzene rings is 2. The first-order chi connectivity index (χ1) is 10.5. The number of aromatic hydroxyl groups is 1. The van der Waals surface area contributed by atoms with E-state index in [-0.39, 0.29) is 17.0 Å². The Hall–Kier alpha value is -3.09. The van der Waals surface area contributed by atoms with Crippen LogP contribution in [0.4, 0.5) is 20.6 Å². The molecule has 3 N–H and O–H groups in total. The van der Waals surface area contributed by atoms with Crippen LogP contribution in [0.3, 0.4) is 0 Å². The van der Waals surface area contributed by atoms with Gasteiger partial charge in [-0.15, -0.1) is 0 Å². The smallest absolute Gasteiger partial charge is 0.337 e. The number of alkyl halides is 1. The van der Waals surface area contributed by atoms with E-state index in [2.05, 4.69) is 5.32 Å². The molecule has 0 aliphatic heterocycles. The molecule has 0 heterocycles. The number of aromatic carboxylic acids is 1. The van der Waals surface area contributed by atoms with E-state index in [0.717, 1.165) is 11.0 Å². The highest BCUT2D eigenvalue weighted by atomic mass is 19.1. The summed E-state index contributed by atoms with van der Waals surface area (Å²) in [6, 6.07) is 10.8. The normalized spacial score (nSPS) is 10.0. The summed E-state index contributed by atoms with van der Waals surface area (Å²) in [5.74, 6) is -1.57. The maximum atomic E-state index is 13.1. The van der Waals surface area contributed by atoms with Gasteiger partial charge in [-0.3, -0.25) is 4.90 Å². The van der Waals surface area contributed by atoms with Crippen molar-refractivity contribution in [2.45, 2.75) is 0 Å². The minimum absolute atomic E-state index is 0.0373. The molecule has 2 aromatic carbocycles. The van der Waals surface area contributed by atoms with Crippen molar-refractivity contribution in [2.24, 2.45) is 0 Å². The zero-order chi connectivity index (χ0) is 16.1. The number of urea groups is 1. The maximum Gasteiger partial charge on any atom is 0.337 e. The van der Waals surface area contributed by atoms with Gasteiger partial charge in [-0.25, -0.2) is 14.0 Å². The molecule has 0 unspecified atom stereocenters. The summed E-state index contributed by atoms with van der Waals surface area (Å²) >= 11 is 0. The summed E-state index contributed by atoms with van der Waals surface area (Å²) in [6.45, 7) is -1.07. The van der Waals surface area contributed by atoms with Crippen LogP contribution in [0.5, 0.6) is 5.75 Å². The van der Waals surface area contributed by atoms with E-state index in [0.29, 0.717) is 5.69 Å². The molecule has 0 spiro atoms. The number of amides is 2. The van der Waals surface area contributed by atoms with Gasteiger partial charge in [-0.2, -0.15) is 0 Å². The van der Waals surface area contributed by atoms with Crippen LogP contribution in [0.2, 0.25) is 0 Å². The average Bonchev–Trinajstić information content (AvgIpc) is 2.50. The monoisotopic (exact) mass is 304 g/mol. The molecule has 0 saturated heterocycles. The van der Waals surface area contributed by atoms with Crippen LogP contribution in [0.1, 0.15) is 10.4 Å². The van der Waals surface area contributed by atoms with Crippen molar-refractivity contribution in [1.82, 2.24) is 0 Å². The lowest BCUT2D eigenvalue weighted by Gasteiger charge is -2.20. The molecule has 0 aliphatic rings. The van der Waals surface area contributed by atoms with Crippen molar-refractivity contribution in [3.63, 3.8) is 0 Å². The Balaban J connectivity index is 2.26. The number of carboxylic acids is 1. The van der Waals surface area contributed by atoms with Crippen LogP contribution in [-0.4, -0.2) is 29.0 Å². The van der Waals surface area contributed by atoms with Gasteiger partial charge < -0.3 is 15.5 Å². The number of rotatable bonds is 4. The van der Waals surface area contributed by atoms with Crippen molar-refractivity contribution in [3.8, 4) is 5.75 Å². The number of phenolic OH excluding ortho intramolecular Hbond substituents is 1. The standard InChI is InChI=1S/C15H13FN2O4/c16-9-18(10-4-2-1-3-5-10)15(22)17-13-7-6-11(19)8-12(13)14(20)21/h1-8,19H,9H2,(H,17,22)(H,20,21). The average molecular weight is 304 g/mol. The van der Waals surface area contributed by atoms with E-state index in [1.54, 1.807) is 30.3 Å². The first kappa shape index (κ1) is 15.3. The van der Waals surface area contributed by atoms with Crippen LogP contribution in [0, 0.1) is 0 Å². The van der Waals surface area contributed by atoms with Crippen molar-refractivity contribution >= 4 is 23.4 Å². The predicted molar refractivity (Wildman–Crippen MR) is 79.0 cm³/mol. The second-order valence-corrected chi connectivity index (χ2v) is 4.35. The van der Waals surface area contributed by atoms with Crippen LogP contribution >= 0.6 is 0 Å². The number of hydrogen-bond donors (Lipinski definition) is 3. The maximum absolute atomic E-state index is 13.1. The Kier molecular flexibility index (Phi) is 4.57. The third-order valence-electron chi connectivity index (χ3n) is 2.91. The number of anilines is 2. The third kappa shape index (κ3) is 3.32. The topological polar surface area (TPSA) is 89.9 Å². The molecule has 0 saturated carbocycles. The van der Waals surface area contributed by atoms with Gasteiger partial charge >= 0.3 is 12.0 Å². The van der Waals surface area contributed by atoms with Gasteiger partial charge in [-0.05, 0) is 30.3 Å². The highest BCUT2D eigenvalue weighted by Gasteiger charge is 2.19. The number of nitrogens with one attached hydrogen (secondary N) is 1. The van der Waals surface area contributed by atoms with Crippen LogP contribution in [-0.2, 0) is 0 Å². The quantitative estimate of drug-likeness (QED) is 0.598. The summed E-state index contributed by atoms with van der Waals surface area (Å²) in [5.41, 5.74) is 0.00283. The zero-order valence-electron chi connectivity index (χ0n) is 11.4. The number of carboxylic acid groups (broad SMARTS) is 1. The fraction of sp³-hybridized carbons (Fsp3) is 0.0667. The second kappa shape index (κ2) is 6.57. The van der Waals surface area contributed by atoms with E-state index in [9.17, 15) is 19.1 Å². The lowest BCUT2D eigenvalue weighted by atomic mass is 10.1. The number of para-hydroxylation sites is 1. The van der Waals surface area contributed by atoms with Crippen LogP contribution in [0.25, 0.3) is 0 Å². The number of halogens is 1. The number of carbonyl (C=O) groups is 2. The number of nitrogens with zero attached hydrogens (tertiary/aromatic N) is 1. The fourth-order valence-electron chi connectivity index (χ4n) is 1.85. The van der Waals surface area contributed by atoms with E-state index in [1.165, 1.54) is 12.1 Å². The summed E-state index contributed by atoms with van der Waals surface area (Å²) < 4.78 is 13.1. The van der Waals surface area contributed by atoms with Crippen molar-refractivity contribution in [2.75, 3.05) is 17.0 Å². The Labute approximate surface area is 125 Å². The molecule has 0 radical (unpaired) electrons. The number of hydrogen-bond acceptors (Lipinski definition) is 3. The summed E-state index contributed by atoms with van der Waals surface area (Å²) in [4.78, 5) is 24.1. The van der Waals surface area contributed by atoms with Crippen LogP contribution < -0.4 is 10.2 Å². The SMILES string of the molecule is O=C(O)c1cc(O)ccc1NC(=O)N(CF)c1ccccc1. The van der Waals surface area contributed by atoms with Gasteiger partial charge in [0, 0.05) is 5.69 Å². The number of carbonyl (C=O) groups excluding carboxylic acids is 1. The fourth-order valence-corrected chi connectivity index (χ4v) is 1.85. The Morgan fingerprint density at radius 1 is 1.14 bits per heavy atom. The molecule has 0 atom stereocenters. The van der Waals surface area contributed by atoms with Gasteiger partial charge in [0.05, 0.1) is 11.3 Å². The first-order valence-corrected chi connectivity index (χ1v) is 6.28. The molecule has 2 amide bonds. The lowest BCUT2D eigenvalue weighted by molar-refractivity contribution is 0.0697. The molecule has 114 valence electrons. The summed E-state index contributed by atoms with van der Waals surface area (Å²) in [5, 5.41) is 20.7. The van der Waals surface area contributed by atoms with E-state index in [1.807, 2.05) is 0 Å². The predicted octanol–water partition coefficient (Wildman–Crippen LogP) is 3.06. The molecule has 7 heteroatoms. The van der Waals surface area contributed by atoms with Crippen molar-refractivity contribution in [1.29, 1.82) is 0 Å². The highest BCUT2D eigenvalue weighted by molar-refractivity contribution is 6.05. The minimum Gasteiger partial charge on any atom is -0.508 e. The largest absolute Gasteiger partial charge is 0.508 e. The molecular weight excluding hydrogens is 291 g/mol. The van der Waals surface area contributed by atoms with Crippen molar-refractivity contribution in [3.05, 3.63) is 54.1 Å². The van der Waals surface area contributed by atoms with Gasteiger partial charge in [0.2, 0.25) is 0 Å². The van der Waals surface area contributed by atoms with Crippen LogP contribution in [0.15, 0.2) is 48.5 Å². The first-order valence-electron chi connectivity index (χ1n) is 6.28. The Bertz CT molecular complexity index is 691. The minimum atomic E-state index is -1.32. The molecule has 0 aromatic heterocycles. The molecule has 0 aliphatic carbocycles. The molecule has 6 nitrogen and oxygen atoms in total. The zero-order valence-corrected chi connectivity index (χ0v) is 11.4. The molecule has 2 aromatic rings. The molecular formula is C15H13FN2O4. The summed E-state index contributed by atoms with van der Waals surface area (Å²) in [7, 11) is 0.